The highest BCUT2D eigenvalue weighted by Gasteiger charge is 2.25. The number of benzene rings is 1. The number of likely N-dealkylation sites (tertiary alicyclic amines) is 1. The monoisotopic (exact) mass is 333 g/mol. The number of rotatable bonds is 6. The van der Waals surface area contributed by atoms with E-state index in [1.807, 2.05) is 12.1 Å². The van der Waals surface area contributed by atoms with Crippen LogP contribution in [0.25, 0.3) is 0 Å². The van der Waals surface area contributed by atoms with Crippen molar-refractivity contribution < 1.29 is 14.3 Å². The number of hydrogen-bond acceptors (Lipinski definition) is 5. The van der Waals surface area contributed by atoms with Crippen LogP contribution in [0.5, 0.6) is 5.75 Å². The average Bonchev–Trinajstić information content (AvgIpc) is 3.13. The van der Waals surface area contributed by atoms with E-state index in [1.54, 1.807) is 0 Å². The van der Waals surface area contributed by atoms with Crippen LogP contribution in [0.3, 0.4) is 0 Å². The van der Waals surface area contributed by atoms with Crippen LogP contribution in [0, 0.1) is 5.92 Å². The Morgan fingerprint density at radius 1 is 1.38 bits per heavy atom. The van der Waals surface area contributed by atoms with E-state index in [9.17, 15) is 4.79 Å². The first kappa shape index (κ1) is 17.2. The third kappa shape index (κ3) is 4.69. The average molecular weight is 333 g/mol. The van der Waals surface area contributed by atoms with Gasteiger partial charge in [-0.1, -0.05) is 12.1 Å². The van der Waals surface area contributed by atoms with E-state index in [0.29, 0.717) is 6.61 Å². The van der Waals surface area contributed by atoms with Crippen LogP contribution in [-0.2, 0) is 16.1 Å². The van der Waals surface area contributed by atoms with Crippen LogP contribution in [0.1, 0.15) is 31.2 Å². The summed E-state index contributed by atoms with van der Waals surface area (Å²) in [4.78, 5) is 14.0. The Hall–Kier alpha value is -1.63. The Balaban J connectivity index is 1.52. The van der Waals surface area contributed by atoms with Gasteiger partial charge in [0.05, 0.1) is 12.0 Å². The molecule has 0 saturated carbocycles. The molecular weight excluding hydrogens is 306 g/mol. The van der Waals surface area contributed by atoms with Crippen molar-refractivity contribution in [2.24, 2.45) is 11.8 Å². The van der Waals surface area contributed by atoms with E-state index in [1.165, 1.54) is 5.56 Å². The van der Waals surface area contributed by atoms with Gasteiger partial charge < -0.3 is 9.47 Å². The summed E-state index contributed by atoms with van der Waals surface area (Å²) in [6.45, 7) is 4.05. The molecule has 1 aromatic carbocycles. The van der Waals surface area contributed by atoms with E-state index in [2.05, 4.69) is 22.5 Å². The molecule has 132 valence electrons. The van der Waals surface area contributed by atoms with Gasteiger partial charge in [0.1, 0.15) is 12.4 Å². The molecule has 2 atom stereocenters. The summed E-state index contributed by atoms with van der Waals surface area (Å²) in [7, 11) is 0. The maximum absolute atomic E-state index is 11.7. The van der Waals surface area contributed by atoms with Gasteiger partial charge in [0.2, 0.25) is 5.91 Å². The first-order valence-corrected chi connectivity index (χ1v) is 8.81. The number of nitrogens with one attached hydrogen (secondary N) is 1. The molecule has 24 heavy (non-hydrogen) atoms. The van der Waals surface area contributed by atoms with E-state index < -0.39 is 0 Å². The second-order valence-electron chi connectivity index (χ2n) is 6.68. The van der Waals surface area contributed by atoms with Gasteiger partial charge in [0, 0.05) is 19.7 Å². The van der Waals surface area contributed by atoms with Gasteiger partial charge in [0.15, 0.2) is 0 Å². The fraction of sp³-hybridized carbons (Fsp3) is 0.611. The molecule has 2 aliphatic rings. The fourth-order valence-electron chi connectivity index (χ4n) is 3.49. The maximum atomic E-state index is 11.7. The quantitative estimate of drug-likeness (QED) is 0.468. The number of piperidine rings is 1. The Morgan fingerprint density at radius 2 is 2.29 bits per heavy atom. The molecule has 0 spiro atoms. The second kappa shape index (κ2) is 8.46. The molecule has 2 saturated heterocycles. The summed E-state index contributed by atoms with van der Waals surface area (Å²) in [5, 5.41) is 0. The summed E-state index contributed by atoms with van der Waals surface area (Å²) < 4.78 is 11.5. The summed E-state index contributed by atoms with van der Waals surface area (Å²) in [6.07, 6.45) is 4.36. The van der Waals surface area contributed by atoms with E-state index in [0.717, 1.165) is 57.7 Å². The van der Waals surface area contributed by atoms with Gasteiger partial charge >= 0.3 is 0 Å². The van der Waals surface area contributed by atoms with Crippen molar-refractivity contribution in [3.8, 4) is 5.75 Å². The first-order chi connectivity index (χ1) is 11.7. The van der Waals surface area contributed by atoms with Crippen molar-refractivity contribution in [2.45, 2.75) is 38.3 Å². The van der Waals surface area contributed by atoms with Crippen LogP contribution in [0.2, 0.25) is 0 Å². The normalized spacial score (nSPS) is 24.7. The summed E-state index contributed by atoms with van der Waals surface area (Å²) in [6, 6.07) is 8.20. The topological polar surface area (TPSA) is 76.8 Å². The number of carbonyl (C=O) groups is 1. The van der Waals surface area contributed by atoms with Crippen LogP contribution in [0.15, 0.2) is 24.3 Å². The predicted octanol–water partition coefficient (Wildman–Crippen LogP) is 1.45. The number of nitrogens with zero attached hydrogens (tertiary/aromatic N) is 1. The number of amides is 1. The van der Waals surface area contributed by atoms with E-state index in [4.69, 9.17) is 15.3 Å². The molecule has 6 heteroatoms. The number of ether oxygens (including phenoxy) is 2. The van der Waals surface area contributed by atoms with Crippen LogP contribution >= 0.6 is 0 Å². The molecule has 0 aliphatic carbocycles. The van der Waals surface area contributed by atoms with Crippen LogP contribution in [-0.4, -0.2) is 43.2 Å². The van der Waals surface area contributed by atoms with Crippen molar-refractivity contribution >= 4 is 5.91 Å². The smallest absolute Gasteiger partial charge is 0.238 e. The van der Waals surface area contributed by atoms with E-state index in [-0.39, 0.29) is 17.9 Å². The Labute approximate surface area is 143 Å². The van der Waals surface area contributed by atoms with Gasteiger partial charge in [-0.3, -0.25) is 15.1 Å². The zero-order valence-electron chi connectivity index (χ0n) is 14.1. The molecule has 1 amide bonds. The minimum atomic E-state index is -0.0617. The lowest BCUT2D eigenvalue weighted by atomic mass is 9.97. The third-order valence-corrected chi connectivity index (χ3v) is 4.78. The molecule has 0 radical (unpaired) electrons. The van der Waals surface area contributed by atoms with E-state index >= 15 is 0 Å². The molecule has 2 unspecified atom stereocenters. The number of nitrogens with two attached hydrogens (primary N) is 1. The number of carbonyl (C=O) groups excluding carboxylic acids is 1. The summed E-state index contributed by atoms with van der Waals surface area (Å²) in [5.74, 6) is 6.07. The molecule has 2 aliphatic heterocycles. The molecular formula is C18H27N3O3. The molecule has 6 nitrogen and oxygen atoms in total. The van der Waals surface area contributed by atoms with Crippen molar-refractivity contribution in [3.63, 3.8) is 0 Å². The van der Waals surface area contributed by atoms with Gasteiger partial charge in [-0.15, -0.1) is 0 Å². The van der Waals surface area contributed by atoms with Crippen molar-refractivity contribution in [1.29, 1.82) is 0 Å². The summed E-state index contributed by atoms with van der Waals surface area (Å²) in [5.41, 5.74) is 3.48. The highest BCUT2D eigenvalue weighted by molar-refractivity contribution is 5.78. The van der Waals surface area contributed by atoms with Gasteiger partial charge in [-0.25, -0.2) is 5.84 Å². The Bertz CT molecular complexity index is 546. The Morgan fingerprint density at radius 3 is 3.08 bits per heavy atom. The molecule has 0 aromatic heterocycles. The third-order valence-electron chi connectivity index (χ3n) is 4.78. The van der Waals surface area contributed by atoms with Gasteiger partial charge in [-0.2, -0.15) is 0 Å². The predicted molar refractivity (Wildman–Crippen MR) is 91.2 cm³/mol. The lowest BCUT2D eigenvalue weighted by Gasteiger charge is -2.31. The maximum Gasteiger partial charge on any atom is 0.238 e. The van der Waals surface area contributed by atoms with Crippen LogP contribution < -0.4 is 16.0 Å². The number of hydrogen-bond donors (Lipinski definition) is 2. The molecule has 2 fully saturated rings. The lowest BCUT2D eigenvalue weighted by molar-refractivity contribution is -0.126. The lowest BCUT2D eigenvalue weighted by Crippen LogP contribution is -2.44. The zero-order chi connectivity index (χ0) is 16.8. The van der Waals surface area contributed by atoms with Gasteiger partial charge in [-0.05, 0) is 49.9 Å². The molecule has 3 rings (SSSR count). The van der Waals surface area contributed by atoms with Crippen molar-refractivity contribution in [3.05, 3.63) is 29.8 Å². The molecule has 3 N–H and O–H groups in total. The standard InChI is InChI=1S/C18H27N3O3/c19-20-18(22)15-5-2-8-21(12-15)11-14-4-1-6-16(10-14)24-13-17-7-3-9-23-17/h1,4,6,10,15,17H,2-3,5,7-9,11-13,19H2,(H,20,22). The van der Waals surface area contributed by atoms with Crippen LogP contribution in [0.4, 0.5) is 0 Å². The second-order valence-corrected chi connectivity index (χ2v) is 6.68. The largest absolute Gasteiger partial charge is 0.491 e. The molecule has 0 bridgehead atoms. The van der Waals surface area contributed by atoms with Crippen molar-refractivity contribution in [2.75, 3.05) is 26.3 Å². The molecule has 1 aromatic rings. The van der Waals surface area contributed by atoms with Crippen molar-refractivity contribution in [1.82, 2.24) is 10.3 Å². The SMILES string of the molecule is NNC(=O)C1CCCN(Cc2cccc(OCC3CCCO3)c2)C1. The Kier molecular flexibility index (Phi) is 6.07. The minimum Gasteiger partial charge on any atom is -0.491 e. The highest BCUT2D eigenvalue weighted by atomic mass is 16.5. The fourth-order valence-corrected chi connectivity index (χ4v) is 3.49. The van der Waals surface area contributed by atoms with Gasteiger partial charge in [0.25, 0.3) is 0 Å². The number of hydrazine groups is 1. The molecule has 2 heterocycles. The zero-order valence-corrected chi connectivity index (χ0v) is 14.1. The minimum absolute atomic E-state index is 0.0114. The summed E-state index contributed by atoms with van der Waals surface area (Å²) >= 11 is 0. The first-order valence-electron chi connectivity index (χ1n) is 8.81. The highest BCUT2D eigenvalue weighted by Crippen LogP contribution is 2.21.